The first-order valence-corrected chi connectivity index (χ1v) is 6.05. The summed E-state index contributed by atoms with van der Waals surface area (Å²) in [6, 6.07) is 5.02. The van der Waals surface area contributed by atoms with Crippen molar-refractivity contribution in [3.63, 3.8) is 0 Å². The van der Waals surface area contributed by atoms with Crippen molar-refractivity contribution in [1.29, 1.82) is 0 Å². The number of halogens is 1. The van der Waals surface area contributed by atoms with E-state index in [0.29, 0.717) is 0 Å². The molecule has 1 aromatic carbocycles. The summed E-state index contributed by atoms with van der Waals surface area (Å²) in [5, 5.41) is 3.41. The van der Waals surface area contributed by atoms with Gasteiger partial charge in [0.2, 0.25) is 0 Å². The molecule has 0 bridgehead atoms. The van der Waals surface area contributed by atoms with Gasteiger partial charge in [-0.1, -0.05) is 19.9 Å². The van der Waals surface area contributed by atoms with Crippen LogP contribution in [0.5, 0.6) is 0 Å². The number of rotatable bonds is 6. The Hall–Kier alpha value is -0.890. The van der Waals surface area contributed by atoms with E-state index in [1.807, 2.05) is 13.0 Å². The fourth-order valence-electron chi connectivity index (χ4n) is 1.68. The Kier molecular flexibility index (Phi) is 5.47. The standard InChI is InChI=1S/C14H22FN/c1-11(2)6-8-16-9-7-13-4-5-14(15)10-12(13)3/h4-5,10-11,16H,6-9H2,1-3H3. The molecule has 0 atom stereocenters. The second-order valence-corrected chi connectivity index (χ2v) is 4.75. The van der Waals surface area contributed by atoms with Crippen molar-refractivity contribution < 1.29 is 4.39 Å². The molecule has 1 aromatic rings. The molecule has 0 aliphatic carbocycles. The minimum atomic E-state index is -0.144. The maximum Gasteiger partial charge on any atom is 0.123 e. The Balaban J connectivity index is 2.27. The minimum absolute atomic E-state index is 0.144. The van der Waals surface area contributed by atoms with Crippen molar-refractivity contribution in [2.24, 2.45) is 5.92 Å². The van der Waals surface area contributed by atoms with Gasteiger partial charge in [0.15, 0.2) is 0 Å². The smallest absolute Gasteiger partial charge is 0.123 e. The number of hydrogen-bond acceptors (Lipinski definition) is 1. The number of hydrogen-bond donors (Lipinski definition) is 1. The highest BCUT2D eigenvalue weighted by molar-refractivity contribution is 5.26. The molecule has 1 N–H and O–H groups in total. The number of nitrogens with one attached hydrogen (secondary N) is 1. The van der Waals surface area contributed by atoms with Gasteiger partial charge in [-0.15, -0.1) is 0 Å². The lowest BCUT2D eigenvalue weighted by atomic mass is 10.1. The molecule has 16 heavy (non-hydrogen) atoms. The number of benzene rings is 1. The molecule has 90 valence electrons. The first kappa shape index (κ1) is 13.2. The van der Waals surface area contributed by atoms with Crippen molar-refractivity contribution in [2.45, 2.75) is 33.6 Å². The highest BCUT2D eigenvalue weighted by atomic mass is 19.1. The summed E-state index contributed by atoms with van der Waals surface area (Å²) < 4.78 is 12.9. The van der Waals surface area contributed by atoms with Crippen molar-refractivity contribution in [3.8, 4) is 0 Å². The Morgan fingerprint density at radius 3 is 2.62 bits per heavy atom. The van der Waals surface area contributed by atoms with Crippen molar-refractivity contribution >= 4 is 0 Å². The van der Waals surface area contributed by atoms with Crippen LogP contribution in [-0.2, 0) is 6.42 Å². The van der Waals surface area contributed by atoms with Gasteiger partial charge in [-0.05, 0) is 62.0 Å². The Bertz CT molecular complexity index is 321. The van der Waals surface area contributed by atoms with Crippen LogP contribution in [0.2, 0.25) is 0 Å². The molecule has 0 aliphatic heterocycles. The van der Waals surface area contributed by atoms with Gasteiger partial charge in [0.25, 0.3) is 0 Å². The van der Waals surface area contributed by atoms with Crippen LogP contribution in [-0.4, -0.2) is 13.1 Å². The average Bonchev–Trinajstić information content (AvgIpc) is 2.20. The quantitative estimate of drug-likeness (QED) is 0.730. The van der Waals surface area contributed by atoms with E-state index in [9.17, 15) is 4.39 Å². The van der Waals surface area contributed by atoms with Crippen LogP contribution in [0.15, 0.2) is 18.2 Å². The largest absolute Gasteiger partial charge is 0.316 e. The predicted molar refractivity (Wildman–Crippen MR) is 67.2 cm³/mol. The lowest BCUT2D eigenvalue weighted by Crippen LogP contribution is -2.20. The van der Waals surface area contributed by atoms with Crippen LogP contribution < -0.4 is 5.32 Å². The zero-order chi connectivity index (χ0) is 12.0. The summed E-state index contributed by atoms with van der Waals surface area (Å²) in [5.74, 6) is 0.606. The zero-order valence-corrected chi connectivity index (χ0v) is 10.5. The molecule has 0 radical (unpaired) electrons. The molecular formula is C14H22FN. The monoisotopic (exact) mass is 223 g/mol. The molecule has 0 saturated carbocycles. The third-order valence-corrected chi connectivity index (χ3v) is 2.77. The molecule has 0 spiro atoms. The van der Waals surface area contributed by atoms with Gasteiger partial charge in [-0.25, -0.2) is 4.39 Å². The fraction of sp³-hybridized carbons (Fsp3) is 0.571. The van der Waals surface area contributed by atoms with Crippen LogP contribution >= 0.6 is 0 Å². The lowest BCUT2D eigenvalue weighted by Gasteiger charge is -2.08. The van der Waals surface area contributed by atoms with Crippen LogP contribution in [0.4, 0.5) is 4.39 Å². The SMILES string of the molecule is Cc1cc(F)ccc1CCNCCC(C)C. The van der Waals surface area contributed by atoms with E-state index in [1.165, 1.54) is 18.1 Å². The second kappa shape index (κ2) is 6.64. The predicted octanol–water partition coefficient (Wildman–Crippen LogP) is 3.31. The zero-order valence-electron chi connectivity index (χ0n) is 10.5. The van der Waals surface area contributed by atoms with Gasteiger partial charge in [0.1, 0.15) is 5.82 Å². The van der Waals surface area contributed by atoms with E-state index in [0.717, 1.165) is 31.0 Å². The second-order valence-electron chi connectivity index (χ2n) is 4.75. The molecule has 0 fully saturated rings. The molecule has 1 nitrogen and oxygen atoms in total. The van der Waals surface area contributed by atoms with Crippen molar-refractivity contribution in [3.05, 3.63) is 35.1 Å². The first-order valence-electron chi connectivity index (χ1n) is 6.05. The van der Waals surface area contributed by atoms with Gasteiger partial charge >= 0.3 is 0 Å². The maximum absolute atomic E-state index is 12.9. The van der Waals surface area contributed by atoms with Gasteiger partial charge < -0.3 is 5.32 Å². The molecular weight excluding hydrogens is 201 g/mol. The van der Waals surface area contributed by atoms with Crippen molar-refractivity contribution in [2.75, 3.05) is 13.1 Å². The van der Waals surface area contributed by atoms with Crippen LogP contribution in [0, 0.1) is 18.7 Å². The third-order valence-electron chi connectivity index (χ3n) is 2.77. The summed E-state index contributed by atoms with van der Waals surface area (Å²) in [6.45, 7) is 8.46. The molecule has 0 unspecified atom stereocenters. The van der Waals surface area contributed by atoms with Gasteiger partial charge in [-0.2, -0.15) is 0 Å². The molecule has 0 aromatic heterocycles. The molecule has 0 aliphatic rings. The molecule has 0 amide bonds. The molecule has 0 heterocycles. The topological polar surface area (TPSA) is 12.0 Å². The Morgan fingerprint density at radius 1 is 1.25 bits per heavy atom. The Labute approximate surface area is 98.1 Å². The van der Waals surface area contributed by atoms with E-state index in [2.05, 4.69) is 19.2 Å². The van der Waals surface area contributed by atoms with E-state index in [-0.39, 0.29) is 5.82 Å². The highest BCUT2D eigenvalue weighted by Gasteiger charge is 2.00. The van der Waals surface area contributed by atoms with Gasteiger partial charge in [-0.3, -0.25) is 0 Å². The third kappa shape index (κ3) is 4.75. The summed E-state index contributed by atoms with van der Waals surface area (Å²) in [5.41, 5.74) is 2.28. The first-order chi connectivity index (χ1) is 7.59. The summed E-state index contributed by atoms with van der Waals surface area (Å²) in [4.78, 5) is 0. The lowest BCUT2D eigenvalue weighted by molar-refractivity contribution is 0.539. The normalized spacial score (nSPS) is 11.1. The van der Waals surface area contributed by atoms with E-state index in [4.69, 9.17) is 0 Å². The average molecular weight is 223 g/mol. The van der Waals surface area contributed by atoms with E-state index < -0.39 is 0 Å². The van der Waals surface area contributed by atoms with Gasteiger partial charge in [0, 0.05) is 0 Å². The van der Waals surface area contributed by atoms with E-state index >= 15 is 0 Å². The van der Waals surface area contributed by atoms with Crippen molar-refractivity contribution in [1.82, 2.24) is 5.32 Å². The molecule has 1 rings (SSSR count). The van der Waals surface area contributed by atoms with Crippen LogP contribution in [0.1, 0.15) is 31.4 Å². The fourth-order valence-corrected chi connectivity index (χ4v) is 1.68. The molecule has 2 heteroatoms. The maximum atomic E-state index is 12.9. The highest BCUT2D eigenvalue weighted by Crippen LogP contribution is 2.10. The van der Waals surface area contributed by atoms with E-state index in [1.54, 1.807) is 6.07 Å². The summed E-state index contributed by atoms with van der Waals surface area (Å²) in [6.07, 6.45) is 2.19. The number of aryl methyl sites for hydroxylation is 1. The summed E-state index contributed by atoms with van der Waals surface area (Å²) in [7, 11) is 0. The Morgan fingerprint density at radius 2 is 2.00 bits per heavy atom. The van der Waals surface area contributed by atoms with Crippen LogP contribution in [0.3, 0.4) is 0 Å². The molecule has 0 saturated heterocycles. The van der Waals surface area contributed by atoms with Gasteiger partial charge in [0.05, 0.1) is 0 Å². The van der Waals surface area contributed by atoms with Crippen LogP contribution in [0.25, 0.3) is 0 Å². The minimum Gasteiger partial charge on any atom is -0.316 e. The summed E-state index contributed by atoms with van der Waals surface area (Å²) >= 11 is 0.